The van der Waals surface area contributed by atoms with E-state index in [1.54, 1.807) is 9.80 Å². The van der Waals surface area contributed by atoms with Crippen LogP contribution in [0.25, 0.3) is 0 Å². The summed E-state index contributed by atoms with van der Waals surface area (Å²) in [5, 5.41) is 17.6. The monoisotopic (exact) mass is 274 g/mol. The third kappa shape index (κ3) is 6.42. The summed E-state index contributed by atoms with van der Waals surface area (Å²) in [6.45, 7) is 8.26. The highest BCUT2D eigenvalue weighted by atomic mass is 16.4. The maximum absolute atomic E-state index is 12.4. The molecule has 6 heteroatoms. The molecule has 0 bridgehead atoms. The van der Waals surface area contributed by atoms with Crippen LogP contribution in [0.2, 0.25) is 0 Å². The summed E-state index contributed by atoms with van der Waals surface area (Å²) in [5.74, 6) is -0.912. The van der Waals surface area contributed by atoms with Crippen molar-refractivity contribution in [3.05, 3.63) is 0 Å². The summed E-state index contributed by atoms with van der Waals surface area (Å²) in [6.07, 6.45) is 0.463. The molecule has 0 saturated carbocycles. The van der Waals surface area contributed by atoms with Gasteiger partial charge in [-0.1, -0.05) is 0 Å². The van der Waals surface area contributed by atoms with E-state index < -0.39 is 5.97 Å². The van der Waals surface area contributed by atoms with Gasteiger partial charge in [0.25, 0.3) is 0 Å². The molecule has 2 amide bonds. The van der Waals surface area contributed by atoms with Crippen LogP contribution in [-0.2, 0) is 4.79 Å². The molecule has 6 nitrogen and oxygen atoms in total. The highest BCUT2D eigenvalue weighted by Gasteiger charge is 2.25. The average molecular weight is 274 g/mol. The van der Waals surface area contributed by atoms with Gasteiger partial charge in [0.05, 0.1) is 6.42 Å². The lowest BCUT2D eigenvalue weighted by Gasteiger charge is -2.35. The molecular formula is C13H26N2O4. The minimum absolute atomic E-state index is 0.0186. The summed E-state index contributed by atoms with van der Waals surface area (Å²) in [4.78, 5) is 26.3. The van der Waals surface area contributed by atoms with Crippen LogP contribution in [-0.4, -0.2) is 63.8 Å². The highest BCUT2D eigenvalue weighted by Crippen LogP contribution is 2.10. The Morgan fingerprint density at radius 3 is 1.84 bits per heavy atom. The summed E-state index contributed by atoms with van der Waals surface area (Å²) in [5.41, 5.74) is 0. The van der Waals surface area contributed by atoms with Crippen LogP contribution in [0.15, 0.2) is 0 Å². The molecule has 112 valence electrons. The third-order valence-electron chi connectivity index (χ3n) is 2.86. The molecule has 0 radical (unpaired) electrons. The second-order valence-electron chi connectivity index (χ2n) is 5.08. The first-order valence-corrected chi connectivity index (χ1v) is 6.71. The van der Waals surface area contributed by atoms with E-state index in [4.69, 9.17) is 10.2 Å². The van der Waals surface area contributed by atoms with Crippen LogP contribution in [0.4, 0.5) is 4.79 Å². The lowest BCUT2D eigenvalue weighted by Crippen LogP contribution is -2.50. The molecule has 0 unspecified atom stereocenters. The van der Waals surface area contributed by atoms with Crippen molar-refractivity contribution < 1.29 is 19.8 Å². The largest absolute Gasteiger partial charge is 0.481 e. The molecule has 0 spiro atoms. The van der Waals surface area contributed by atoms with Gasteiger partial charge in [0.15, 0.2) is 0 Å². The molecule has 0 saturated heterocycles. The molecule has 0 fully saturated rings. The average Bonchev–Trinajstić information content (AvgIpc) is 2.28. The zero-order chi connectivity index (χ0) is 15.0. The van der Waals surface area contributed by atoms with Crippen LogP contribution >= 0.6 is 0 Å². The zero-order valence-electron chi connectivity index (χ0n) is 12.3. The highest BCUT2D eigenvalue weighted by molar-refractivity contribution is 5.76. The van der Waals surface area contributed by atoms with Crippen LogP contribution in [0.5, 0.6) is 0 Å². The first-order valence-electron chi connectivity index (χ1n) is 6.71. The van der Waals surface area contributed by atoms with E-state index in [9.17, 15) is 9.59 Å². The van der Waals surface area contributed by atoms with E-state index in [-0.39, 0.29) is 37.7 Å². The molecule has 2 N–H and O–H groups in total. The van der Waals surface area contributed by atoms with Crippen molar-refractivity contribution in [1.29, 1.82) is 0 Å². The fraction of sp³-hybridized carbons (Fsp3) is 0.846. The Balaban J connectivity index is 4.76. The SMILES string of the molecule is CC(C)N(CCCO)C(=O)N(CCC(=O)O)C(C)C. The maximum atomic E-state index is 12.4. The van der Waals surface area contributed by atoms with Gasteiger partial charge in [0.1, 0.15) is 0 Å². The lowest BCUT2D eigenvalue weighted by atomic mass is 10.2. The normalized spacial score (nSPS) is 10.9. The first-order chi connectivity index (χ1) is 8.81. The number of carbonyl (C=O) groups excluding carboxylic acids is 1. The smallest absolute Gasteiger partial charge is 0.320 e. The van der Waals surface area contributed by atoms with Crippen molar-refractivity contribution in [2.75, 3.05) is 19.7 Å². The molecule has 0 aromatic heterocycles. The molecule has 0 aliphatic heterocycles. The van der Waals surface area contributed by atoms with Crippen molar-refractivity contribution >= 4 is 12.0 Å². The molecule has 19 heavy (non-hydrogen) atoms. The first kappa shape index (κ1) is 17.7. The molecule has 0 heterocycles. The number of hydrogen-bond donors (Lipinski definition) is 2. The summed E-state index contributed by atoms with van der Waals surface area (Å²) < 4.78 is 0. The molecule has 0 aromatic rings. The van der Waals surface area contributed by atoms with Gasteiger partial charge >= 0.3 is 12.0 Å². The quantitative estimate of drug-likeness (QED) is 0.700. The van der Waals surface area contributed by atoms with Gasteiger partial charge in [0, 0.05) is 31.8 Å². The van der Waals surface area contributed by atoms with Gasteiger partial charge in [-0.3, -0.25) is 4.79 Å². The number of carbonyl (C=O) groups is 2. The Morgan fingerprint density at radius 1 is 1.00 bits per heavy atom. The minimum Gasteiger partial charge on any atom is -0.481 e. The second kappa shape index (κ2) is 8.74. The Hall–Kier alpha value is -1.30. The van der Waals surface area contributed by atoms with E-state index >= 15 is 0 Å². The second-order valence-corrected chi connectivity index (χ2v) is 5.08. The number of urea groups is 1. The van der Waals surface area contributed by atoms with E-state index in [1.165, 1.54) is 0 Å². The maximum Gasteiger partial charge on any atom is 0.320 e. The number of nitrogens with zero attached hydrogens (tertiary/aromatic N) is 2. The number of aliphatic hydroxyl groups is 1. The van der Waals surface area contributed by atoms with E-state index in [0.717, 1.165) is 0 Å². The van der Waals surface area contributed by atoms with Crippen molar-refractivity contribution in [3.63, 3.8) is 0 Å². The molecule has 0 aromatic carbocycles. The van der Waals surface area contributed by atoms with Gasteiger partial charge in [0.2, 0.25) is 0 Å². The topological polar surface area (TPSA) is 81.1 Å². The summed E-state index contributed by atoms with van der Waals surface area (Å²) in [7, 11) is 0. The predicted molar refractivity (Wildman–Crippen MR) is 73.0 cm³/mol. The summed E-state index contributed by atoms with van der Waals surface area (Å²) >= 11 is 0. The van der Waals surface area contributed by atoms with Crippen LogP contribution in [0, 0.1) is 0 Å². The molecular weight excluding hydrogens is 248 g/mol. The molecule has 0 aliphatic carbocycles. The van der Waals surface area contributed by atoms with Crippen molar-refractivity contribution in [2.24, 2.45) is 0 Å². The van der Waals surface area contributed by atoms with Gasteiger partial charge in [-0.25, -0.2) is 4.79 Å². The number of rotatable bonds is 8. The number of carboxylic acids is 1. The predicted octanol–water partition coefficient (Wildman–Crippen LogP) is 1.38. The molecule has 0 atom stereocenters. The van der Waals surface area contributed by atoms with E-state index in [0.29, 0.717) is 13.0 Å². The summed E-state index contributed by atoms with van der Waals surface area (Å²) in [6, 6.07) is -0.202. The number of hydrogen-bond acceptors (Lipinski definition) is 3. The number of carboxylic acid groups (broad SMARTS) is 1. The number of aliphatic hydroxyl groups excluding tert-OH is 1. The Labute approximate surface area is 115 Å². The van der Waals surface area contributed by atoms with Gasteiger partial charge in [-0.15, -0.1) is 0 Å². The van der Waals surface area contributed by atoms with Crippen LogP contribution < -0.4 is 0 Å². The fourth-order valence-electron chi connectivity index (χ4n) is 1.77. The standard InChI is InChI=1S/C13H26N2O4/c1-10(2)14(7-5-9-16)13(19)15(11(3)4)8-6-12(17)18/h10-11,16H,5-9H2,1-4H3,(H,17,18). The van der Waals surface area contributed by atoms with E-state index in [1.807, 2.05) is 27.7 Å². The lowest BCUT2D eigenvalue weighted by molar-refractivity contribution is -0.137. The minimum atomic E-state index is -0.912. The number of amides is 2. The Bertz CT molecular complexity index is 292. The van der Waals surface area contributed by atoms with Gasteiger partial charge < -0.3 is 20.0 Å². The number of aliphatic carboxylic acids is 1. The van der Waals surface area contributed by atoms with Gasteiger partial charge in [-0.05, 0) is 34.1 Å². The third-order valence-corrected chi connectivity index (χ3v) is 2.86. The van der Waals surface area contributed by atoms with Crippen molar-refractivity contribution in [1.82, 2.24) is 9.80 Å². The fourth-order valence-corrected chi connectivity index (χ4v) is 1.77. The van der Waals surface area contributed by atoms with Gasteiger partial charge in [-0.2, -0.15) is 0 Å². The van der Waals surface area contributed by atoms with Crippen LogP contribution in [0.3, 0.4) is 0 Å². The zero-order valence-corrected chi connectivity index (χ0v) is 12.3. The molecule has 0 aliphatic rings. The van der Waals surface area contributed by atoms with Crippen molar-refractivity contribution in [3.8, 4) is 0 Å². The van der Waals surface area contributed by atoms with Crippen LogP contribution in [0.1, 0.15) is 40.5 Å². The Kier molecular flexibility index (Phi) is 8.14. The Morgan fingerprint density at radius 2 is 1.47 bits per heavy atom. The van der Waals surface area contributed by atoms with E-state index in [2.05, 4.69) is 0 Å². The van der Waals surface area contributed by atoms with Crippen molar-refractivity contribution in [2.45, 2.75) is 52.6 Å². The molecule has 0 rings (SSSR count).